The summed E-state index contributed by atoms with van der Waals surface area (Å²) >= 11 is 1.66. The molecule has 4 rings (SSSR count). The maximum absolute atomic E-state index is 10.9. The van der Waals surface area contributed by atoms with E-state index in [0.29, 0.717) is 13.1 Å². The van der Waals surface area contributed by atoms with Gasteiger partial charge >= 0.3 is 5.97 Å². The first kappa shape index (κ1) is 19.6. The second-order valence-electron chi connectivity index (χ2n) is 7.65. The summed E-state index contributed by atoms with van der Waals surface area (Å²) in [6, 6.07) is 16.5. The van der Waals surface area contributed by atoms with Crippen LogP contribution in [0.4, 0.5) is 0 Å². The van der Waals surface area contributed by atoms with Gasteiger partial charge in [-0.25, -0.2) is 4.98 Å². The molecule has 1 aliphatic rings. The van der Waals surface area contributed by atoms with Crippen molar-refractivity contribution >= 4 is 17.3 Å². The molecule has 29 heavy (non-hydrogen) atoms. The van der Waals surface area contributed by atoms with E-state index in [2.05, 4.69) is 46.3 Å². The zero-order valence-electron chi connectivity index (χ0n) is 16.5. The van der Waals surface area contributed by atoms with Crippen molar-refractivity contribution in [3.63, 3.8) is 0 Å². The number of carbonyl (C=O) groups is 1. The Hall–Kier alpha value is -2.70. The van der Waals surface area contributed by atoms with Gasteiger partial charge in [0.05, 0.1) is 16.9 Å². The number of ether oxygens (including phenoxy) is 1. The minimum Gasteiger partial charge on any atom is -0.491 e. The van der Waals surface area contributed by atoms with Crippen molar-refractivity contribution in [2.24, 2.45) is 5.92 Å². The van der Waals surface area contributed by atoms with Gasteiger partial charge in [-0.05, 0) is 37.1 Å². The Morgan fingerprint density at radius 3 is 2.66 bits per heavy atom. The van der Waals surface area contributed by atoms with Crippen LogP contribution in [0.15, 0.2) is 54.7 Å². The van der Waals surface area contributed by atoms with Crippen LogP contribution in [0, 0.1) is 5.92 Å². The van der Waals surface area contributed by atoms with Crippen LogP contribution in [0.2, 0.25) is 0 Å². The van der Waals surface area contributed by atoms with Gasteiger partial charge in [0.1, 0.15) is 10.8 Å². The first-order valence-electron chi connectivity index (χ1n) is 9.75. The molecule has 0 bridgehead atoms. The third-order valence-corrected chi connectivity index (χ3v) is 6.00. The Balaban J connectivity index is 1.42. The van der Waals surface area contributed by atoms with Crippen LogP contribution in [-0.2, 0) is 11.3 Å². The van der Waals surface area contributed by atoms with Crippen molar-refractivity contribution < 1.29 is 14.6 Å². The number of carboxylic acids is 1. The molecule has 1 N–H and O–H groups in total. The number of aromatic nitrogens is 1. The number of nitrogens with zero attached hydrogens (tertiary/aromatic N) is 2. The standard InChI is InChI=1S/C23H24N2O3S/c1-15(2)28-20-5-3-4-18(10-20)21-11-24-22(29-21)17-8-6-16(7-9-17)12-25-13-19(14-25)23(26)27/h3-11,15,19H,12-14H2,1-2H3,(H,26,27). The summed E-state index contributed by atoms with van der Waals surface area (Å²) < 4.78 is 5.79. The average molecular weight is 409 g/mol. The summed E-state index contributed by atoms with van der Waals surface area (Å²) in [6.45, 7) is 6.09. The molecule has 5 nitrogen and oxygen atoms in total. The maximum Gasteiger partial charge on any atom is 0.309 e. The monoisotopic (exact) mass is 408 g/mol. The summed E-state index contributed by atoms with van der Waals surface area (Å²) in [5, 5.41) is 9.96. The first-order chi connectivity index (χ1) is 14.0. The van der Waals surface area contributed by atoms with Gasteiger partial charge < -0.3 is 9.84 Å². The Bertz CT molecular complexity index is 991. The molecule has 0 saturated carbocycles. The predicted molar refractivity (Wildman–Crippen MR) is 115 cm³/mol. The second-order valence-corrected chi connectivity index (χ2v) is 8.68. The van der Waals surface area contributed by atoms with Gasteiger partial charge in [0, 0.05) is 31.4 Å². The maximum atomic E-state index is 10.9. The molecule has 0 radical (unpaired) electrons. The summed E-state index contributed by atoms with van der Waals surface area (Å²) in [5.74, 6) is -0.0436. The summed E-state index contributed by atoms with van der Waals surface area (Å²) in [7, 11) is 0. The highest BCUT2D eigenvalue weighted by Crippen LogP contribution is 2.34. The third kappa shape index (κ3) is 4.66. The molecule has 6 heteroatoms. The molecule has 150 valence electrons. The molecule has 1 fully saturated rings. The topological polar surface area (TPSA) is 62.7 Å². The minimum atomic E-state index is -0.697. The van der Waals surface area contributed by atoms with Crippen molar-refractivity contribution in [1.82, 2.24) is 9.88 Å². The van der Waals surface area contributed by atoms with Gasteiger partial charge in [-0.3, -0.25) is 9.69 Å². The van der Waals surface area contributed by atoms with Crippen molar-refractivity contribution in [1.29, 1.82) is 0 Å². The van der Waals surface area contributed by atoms with Crippen molar-refractivity contribution in [3.8, 4) is 26.8 Å². The fourth-order valence-electron chi connectivity index (χ4n) is 3.40. The van der Waals surface area contributed by atoms with Gasteiger partial charge in [-0.2, -0.15) is 0 Å². The normalized spacial score (nSPS) is 14.7. The fourth-order valence-corrected chi connectivity index (χ4v) is 4.32. The lowest BCUT2D eigenvalue weighted by Crippen LogP contribution is -2.49. The Morgan fingerprint density at radius 1 is 1.21 bits per heavy atom. The fraction of sp³-hybridized carbons (Fsp3) is 0.304. The van der Waals surface area contributed by atoms with Crippen LogP contribution in [0.3, 0.4) is 0 Å². The first-order valence-corrected chi connectivity index (χ1v) is 10.6. The van der Waals surface area contributed by atoms with Crippen LogP contribution in [0.5, 0.6) is 5.75 Å². The molecule has 0 aliphatic carbocycles. The van der Waals surface area contributed by atoms with E-state index in [-0.39, 0.29) is 12.0 Å². The number of likely N-dealkylation sites (tertiary alicyclic amines) is 1. The van der Waals surface area contributed by atoms with E-state index in [4.69, 9.17) is 9.84 Å². The Morgan fingerprint density at radius 2 is 1.97 bits per heavy atom. The number of rotatable bonds is 7. The Labute approximate surface area is 174 Å². The van der Waals surface area contributed by atoms with E-state index in [1.165, 1.54) is 5.56 Å². The quantitative estimate of drug-likeness (QED) is 0.609. The largest absolute Gasteiger partial charge is 0.491 e. The van der Waals surface area contributed by atoms with Crippen molar-refractivity contribution in [2.75, 3.05) is 13.1 Å². The van der Waals surface area contributed by atoms with Crippen LogP contribution in [0.25, 0.3) is 21.0 Å². The molecular formula is C23H24N2O3S. The predicted octanol–water partition coefficient (Wildman–Crippen LogP) is 4.78. The van der Waals surface area contributed by atoms with Crippen molar-refractivity contribution in [3.05, 3.63) is 60.3 Å². The molecule has 0 atom stereocenters. The molecule has 2 heterocycles. The van der Waals surface area contributed by atoms with Gasteiger partial charge in [0.15, 0.2) is 0 Å². The molecule has 1 saturated heterocycles. The molecular weight excluding hydrogens is 384 g/mol. The smallest absolute Gasteiger partial charge is 0.309 e. The van der Waals surface area contributed by atoms with E-state index in [0.717, 1.165) is 33.3 Å². The minimum absolute atomic E-state index is 0.145. The summed E-state index contributed by atoms with van der Waals surface area (Å²) in [6.07, 6.45) is 2.06. The highest BCUT2D eigenvalue weighted by atomic mass is 32.1. The van der Waals surface area contributed by atoms with Crippen LogP contribution in [0.1, 0.15) is 19.4 Å². The molecule has 2 aromatic carbocycles. The molecule has 1 aromatic heterocycles. The van der Waals surface area contributed by atoms with Gasteiger partial charge in [0.25, 0.3) is 0 Å². The van der Waals surface area contributed by atoms with Crippen LogP contribution < -0.4 is 4.74 Å². The molecule has 3 aromatic rings. The SMILES string of the molecule is CC(C)Oc1cccc(-c2cnc(-c3ccc(CN4CC(C(=O)O)C4)cc3)s2)c1. The number of aliphatic carboxylic acids is 1. The average Bonchev–Trinajstić information content (AvgIpc) is 3.14. The zero-order chi connectivity index (χ0) is 20.4. The lowest BCUT2D eigenvalue weighted by atomic mass is 9.99. The summed E-state index contributed by atoms with van der Waals surface area (Å²) in [4.78, 5) is 18.8. The van der Waals surface area contributed by atoms with Gasteiger partial charge in [-0.1, -0.05) is 36.4 Å². The number of hydrogen-bond donors (Lipinski definition) is 1. The highest BCUT2D eigenvalue weighted by molar-refractivity contribution is 7.18. The van der Waals surface area contributed by atoms with Crippen LogP contribution >= 0.6 is 11.3 Å². The van der Waals surface area contributed by atoms with E-state index in [1.807, 2.05) is 32.2 Å². The Kier molecular flexibility index (Phi) is 5.65. The van der Waals surface area contributed by atoms with Crippen molar-refractivity contribution in [2.45, 2.75) is 26.5 Å². The number of hydrogen-bond acceptors (Lipinski definition) is 5. The number of thiazole rings is 1. The molecule has 1 aliphatic heterocycles. The zero-order valence-corrected chi connectivity index (χ0v) is 17.4. The van der Waals surface area contributed by atoms with E-state index < -0.39 is 5.97 Å². The summed E-state index contributed by atoms with van der Waals surface area (Å²) in [5.41, 5.74) is 3.38. The molecule has 0 unspecified atom stereocenters. The van der Waals surface area contributed by atoms with Gasteiger partial charge in [0.2, 0.25) is 0 Å². The highest BCUT2D eigenvalue weighted by Gasteiger charge is 2.32. The third-order valence-electron chi connectivity index (χ3n) is 4.91. The van der Waals surface area contributed by atoms with Gasteiger partial charge in [-0.15, -0.1) is 11.3 Å². The van der Waals surface area contributed by atoms with E-state index in [1.54, 1.807) is 11.3 Å². The lowest BCUT2D eigenvalue weighted by Gasteiger charge is -2.36. The van der Waals surface area contributed by atoms with E-state index >= 15 is 0 Å². The lowest BCUT2D eigenvalue weighted by molar-refractivity contribution is -0.147. The second kappa shape index (κ2) is 8.35. The van der Waals surface area contributed by atoms with E-state index in [9.17, 15) is 4.79 Å². The van der Waals surface area contributed by atoms with Crippen LogP contribution in [-0.4, -0.2) is 40.2 Å². The number of carboxylic acid groups (broad SMARTS) is 1. The molecule has 0 amide bonds. The number of benzene rings is 2. The molecule has 0 spiro atoms.